The minimum Gasteiger partial charge on any atom is -0.477 e. The molecule has 2 unspecified atom stereocenters. The Balaban J connectivity index is 2.16. The second kappa shape index (κ2) is 4.02. The molecular weight excluding hydrogens is 194 g/mol. The van der Waals surface area contributed by atoms with Crippen LogP contribution in [-0.2, 0) is 0 Å². The van der Waals surface area contributed by atoms with Crippen molar-refractivity contribution in [2.45, 2.75) is 25.3 Å². The lowest BCUT2D eigenvalue weighted by atomic mass is 10.1. The average molecular weight is 209 g/mol. The lowest BCUT2D eigenvalue weighted by Crippen LogP contribution is -2.16. The van der Waals surface area contributed by atoms with E-state index in [1.165, 1.54) is 6.07 Å². The summed E-state index contributed by atoms with van der Waals surface area (Å²) in [4.78, 5) is 10.9. The van der Waals surface area contributed by atoms with E-state index < -0.39 is 5.97 Å². The molecule has 1 fully saturated rings. The third-order valence-electron chi connectivity index (χ3n) is 3.08. The van der Waals surface area contributed by atoms with Gasteiger partial charge in [-0.15, -0.1) is 0 Å². The maximum Gasteiger partial charge on any atom is 0.354 e. The van der Waals surface area contributed by atoms with Gasteiger partial charge in [0.2, 0.25) is 0 Å². The van der Waals surface area contributed by atoms with E-state index in [2.05, 4.69) is 5.10 Å². The molecule has 2 rings (SSSR count). The zero-order valence-corrected chi connectivity index (χ0v) is 8.47. The van der Waals surface area contributed by atoms with Crippen molar-refractivity contribution in [1.29, 1.82) is 0 Å². The second-order valence-electron chi connectivity index (χ2n) is 4.03. The van der Waals surface area contributed by atoms with E-state index >= 15 is 0 Å². The van der Waals surface area contributed by atoms with Crippen molar-refractivity contribution >= 4 is 5.97 Å². The topological polar surface area (TPSA) is 81.1 Å². The SMILES string of the molecule is NCC1CCC(n2nccc2C(=O)O)C1. The standard InChI is InChI=1S/C10H15N3O2/c11-6-7-1-2-8(5-7)13-9(10(14)15)3-4-12-13/h3-4,7-8H,1-2,5-6,11H2,(H,14,15). The molecule has 2 atom stereocenters. The highest BCUT2D eigenvalue weighted by Gasteiger charge is 2.27. The van der Waals surface area contributed by atoms with E-state index in [0.717, 1.165) is 19.3 Å². The predicted molar refractivity (Wildman–Crippen MR) is 54.6 cm³/mol. The Morgan fingerprint density at radius 2 is 2.47 bits per heavy atom. The molecule has 3 N–H and O–H groups in total. The number of nitrogens with zero attached hydrogens (tertiary/aromatic N) is 2. The van der Waals surface area contributed by atoms with E-state index in [1.54, 1.807) is 10.9 Å². The Morgan fingerprint density at radius 1 is 1.67 bits per heavy atom. The third kappa shape index (κ3) is 1.87. The van der Waals surface area contributed by atoms with Gasteiger partial charge in [0.1, 0.15) is 5.69 Å². The summed E-state index contributed by atoms with van der Waals surface area (Å²) < 4.78 is 1.62. The van der Waals surface area contributed by atoms with Crippen molar-refractivity contribution in [2.24, 2.45) is 11.7 Å². The number of aromatic carboxylic acids is 1. The van der Waals surface area contributed by atoms with Crippen LogP contribution in [0.5, 0.6) is 0 Å². The summed E-state index contributed by atoms with van der Waals surface area (Å²) in [7, 11) is 0. The molecule has 1 aromatic heterocycles. The van der Waals surface area contributed by atoms with Gasteiger partial charge < -0.3 is 10.8 Å². The first-order valence-corrected chi connectivity index (χ1v) is 5.19. The Morgan fingerprint density at radius 3 is 3.07 bits per heavy atom. The van der Waals surface area contributed by atoms with E-state index in [9.17, 15) is 4.79 Å². The third-order valence-corrected chi connectivity index (χ3v) is 3.08. The lowest BCUT2D eigenvalue weighted by Gasteiger charge is -2.12. The molecule has 0 aliphatic heterocycles. The summed E-state index contributed by atoms with van der Waals surface area (Å²) in [6.07, 6.45) is 4.53. The molecule has 0 aromatic carbocycles. The summed E-state index contributed by atoms with van der Waals surface area (Å²) in [5.74, 6) is -0.399. The molecule has 5 heteroatoms. The first-order valence-electron chi connectivity index (χ1n) is 5.19. The van der Waals surface area contributed by atoms with E-state index in [0.29, 0.717) is 12.5 Å². The van der Waals surface area contributed by atoms with Crippen LogP contribution in [0, 0.1) is 5.92 Å². The highest BCUT2D eigenvalue weighted by atomic mass is 16.4. The maximum absolute atomic E-state index is 10.9. The van der Waals surface area contributed by atoms with Gasteiger partial charge in [-0.25, -0.2) is 4.79 Å². The molecule has 1 aliphatic rings. The van der Waals surface area contributed by atoms with Gasteiger partial charge >= 0.3 is 5.97 Å². The lowest BCUT2D eigenvalue weighted by molar-refractivity contribution is 0.0680. The zero-order chi connectivity index (χ0) is 10.8. The minimum atomic E-state index is -0.913. The smallest absolute Gasteiger partial charge is 0.354 e. The van der Waals surface area contributed by atoms with Crippen molar-refractivity contribution in [3.8, 4) is 0 Å². The zero-order valence-electron chi connectivity index (χ0n) is 8.47. The number of hydrogen-bond acceptors (Lipinski definition) is 3. The van der Waals surface area contributed by atoms with Crippen LogP contribution < -0.4 is 5.73 Å². The molecule has 1 saturated carbocycles. The Labute approximate surface area is 87.9 Å². The second-order valence-corrected chi connectivity index (χ2v) is 4.03. The fourth-order valence-corrected chi connectivity index (χ4v) is 2.26. The van der Waals surface area contributed by atoms with E-state index in [1.807, 2.05) is 0 Å². The molecule has 0 amide bonds. The highest BCUT2D eigenvalue weighted by Crippen LogP contribution is 2.34. The summed E-state index contributed by atoms with van der Waals surface area (Å²) in [5.41, 5.74) is 5.88. The number of rotatable bonds is 3. The molecule has 1 aromatic rings. The van der Waals surface area contributed by atoms with Crippen LogP contribution in [0.1, 0.15) is 35.8 Å². The van der Waals surface area contributed by atoms with Gasteiger partial charge in [0.15, 0.2) is 0 Å². The molecule has 0 bridgehead atoms. The molecular formula is C10H15N3O2. The van der Waals surface area contributed by atoms with E-state index in [-0.39, 0.29) is 11.7 Å². The van der Waals surface area contributed by atoms with Crippen molar-refractivity contribution in [1.82, 2.24) is 9.78 Å². The van der Waals surface area contributed by atoms with Gasteiger partial charge in [-0.1, -0.05) is 0 Å². The maximum atomic E-state index is 10.9. The van der Waals surface area contributed by atoms with Gasteiger partial charge in [0.05, 0.1) is 6.04 Å². The van der Waals surface area contributed by atoms with Crippen molar-refractivity contribution in [2.75, 3.05) is 6.54 Å². The van der Waals surface area contributed by atoms with Crippen LogP contribution in [0.15, 0.2) is 12.3 Å². The number of nitrogens with two attached hydrogens (primary N) is 1. The number of hydrogen-bond donors (Lipinski definition) is 2. The number of aromatic nitrogens is 2. The van der Waals surface area contributed by atoms with Crippen molar-refractivity contribution < 1.29 is 9.90 Å². The molecule has 0 radical (unpaired) electrons. The summed E-state index contributed by atoms with van der Waals surface area (Å²) >= 11 is 0. The van der Waals surface area contributed by atoms with Crippen LogP contribution in [0.25, 0.3) is 0 Å². The van der Waals surface area contributed by atoms with Crippen LogP contribution in [0.3, 0.4) is 0 Å². The van der Waals surface area contributed by atoms with Crippen molar-refractivity contribution in [3.63, 3.8) is 0 Å². The molecule has 1 heterocycles. The van der Waals surface area contributed by atoms with Crippen LogP contribution in [0.2, 0.25) is 0 Å². The molecule has 1 aliphatic carbocycles. The average Bonchev–Trinajstić information content (AvgIpc) is 2.85. The van der Waals surface area contributed by atoms with Gasteiger partial charge in [0.25, 0.3) is 0 Å². The molecule has 0 saturated heterocycles. The van der Waals surface area contributed by atoms with Crippen LogP contribution >= 0.6 is 0 Å². The Hall–Kier alpha value is -1.36. The van der Waals surface area contributed by atoms with Gasteiger partial charge in [-0.3, -0.25) is 4.68 Å². The summed E-state index contributed by atoms with van der Waals surface area (Å²) in [6, 6.07) is 1.75. The van der Waals surface area contributed by atoms with Gasteiger partial charge in [0, 0.05) is 6.20 Å². The fourth-order valence-electron chi connectivity index (χ4n) is 2.26. The van der Waals surface area contributed by atoms with Crippen molar-refractivity contribution in [3.05, 3.63) is 18.0 Å². The number of carbonyl (C=O) groups is 1. The monoisotopic (exact) mass is 209 g/mol. The Bertz CT molecular complexity index is 361. The molecule has 15 heavy (non-hydrogen) atoms. The number of carboxylic acid groups (broad SMARTS) is 1. The molecule has 0 spiro atoms. The summed E-state index contributed by atoms with van der Waals surface area (Å²) in [5, 5.41) is 13.0. The number of carboxylic acids is 1. The molecule has 82 valence electrons. The minimum absolute atomic E-state index is 0.208. The fraction of sp³-hybridized carbons (Fsp3) is 0.600. The normalized spacial score (nSPS) is 25.7. The quantitative estimate of drug-likeness (QED) is 0.774. The highest BCUT2D eigenvalue weighted by molar-refractivity contribution is 5.85. The predicted octanol–water partition coefficient (Wildman–Crippen LogP) is 0.881. The largest absolute Gasteiger partial charge is 0.477 e. The summed E-state index contributed by atoms with van der Waals surface area (Å²) in [6.45, 7) is 0.681. The molecule has 5 nitrogen and oxygen atoms in total. The Kier molecular flexibility index (Phi) is 2.73. The van der Waals surface area contributed by atoms with Gasteiger partial charge in [-0.2, -0.15) is 5.10 Å². The first-order chi connectivity index (χ1) is 7.22. The van der Waals surface area contributed by atoms with Gasteiger partial charge in [-0.05, 0) is 37.8 Å². The van der Waals surface area contributed by atoms with E-state index in [4.69, 9.17) is 10.8 Å². The van der Waals surface area contributed by atoms with Crippen LogP contribution in [-0.4, -0.2) is 27.4 Å². The first kappa shape index (κ1) is 10.2. The van der Waals surface area contributed by atoms with Crippen LogP contribution in [0.4, 0.5) is 0 Å².